The van der Waals surface area contributed by atoms with E-state index in [-0.39, 0.29) is 6.42 Å². The molecule has 0 atom stereocenters. The summed E-state index contributed by atoms with van der Waals surface area (Å²) in [6.07, 6.45) is -14.2. The van der Waals surface area contributed by atoms with Crippen LogP contribution >= 0.6 is 7.14 Å². The molecule has 164 valence electrons. The SMILES string of the molecule is CCCOC(=O)NC(C(F)(F)F)(C(F)(F)F)P(=O)(c1ccccc1)c1ccccc1. The molecule has 0 saturated carbocycles. The third-order valence-electron chi connectivity index (χ3n) is 4.25. The van der Waals surface area contributed by atoms with Crippen molar-refractivity contribution >= 4 is 23.8 Å². The zero-order valence-electron chi connectivity index (χ0n) is 15.6. The van der Waals surface area contributed by atoms with Gasteiger partial charge in [-0.05, 0) is 6.42 Å². The molecule has 1 N–H and O–H groups in total. The van der Waals surface area contributed by atoms with E-state index in [0.29, 0.717) is 0 Å². The van der Waals surface area contributed by atoms with Crippen LogP contribution in [0.25, 0.3) is 0 Å². The minimum absolute atomic E-state index is 0.160. The Balaban J connectivity index is 2.93. The summed E-state index contributed by atoms with van der Waals surface area (Å²) in [4.78, 5) is 12.0. The number of hydrogen-bond donors (Lipinski definition) is 1. The molecule has 30 heavy (non-hydrogen) atoms. The number of halogens is 6. The first-order valence-electron chi connectivity index (χ1n) is 8.71. The molecule has 11 heteroatoms. The minimum atomic E-state index is -6.18. The Morgan fingerprint density at radius 1 is 0.867 bits per heavy atom. The molecule has 0 radical (unpaired) electrons. The fraction of sp³-hybridized carbons (Fsp3) is 0.316. The molecule has 0 saturated heterocycles. The maximum absolute atomic E-state index is 14.3. The Morgan fingerprint density at radius 2 is 1.27 bits per heavy atom. The van der Waals surface area contributed by atoms with Gasteiger partial charge in [-0.15, -0.1) is 0 Å². The average molecular weight is 453 g/mol. The highest BCUT2D eigenvalue weighted by Gasteiger charge is 2.81. The van der Waals surface area contributed by atoms with Crippen molar-refractivity contribution in [3.63, 3.8) is 0 Å². The van der Waals surface area contributed by atoms with Crippen molar-refractivity contribution in [2.45, 2.75) is 31.0 Å². The molecule has 0 aliphatic heterocycles. The van der Waals surface area contributed by atoms with Crippen LogP contribution in [0.3, 0.4) is 0 Å². The minimum Gasteiger partial charge on any atom is -0.450 e. The summed E-state index contributed by atoms with van der Waals surface area (Å²) in [7, 11) is -5.66. The molecule has 0 bridgehead atoms. The highest BCUT2D eigenvalue weighted by molar-refractivity contribution is 7.80. The highest BCUT2D eigenvalue weighted by atomic mass is 31.2. The van der Waals surface area contributed by atoms with E-state index in [9.17, 15) is 35.7 Å². The smallest absolute Gasteiger partial charge is 0.428 e. The van der Waals surface area contributed by atoms with E-state index in [0.717, 1.165) is 53.8 Å². The first kappa shape index (κ1) is 23.8. The maximum Gasteiger partial charge on any atom is 0.428 e. The molecule has 0 fully saturated rings. The lowest BCUT2D eigenvalue weighted by molar-refractivity contribution is -0.274. The van der Waals surface area contributed by atoms with Crippen LogP contribution in [0.1, 0.15) is 13.3 Å². The van der Waals surface area contributed by atoms with Crippen LogP contribution < -0.4 is 15.9 Å². The van der Waals surface area contributed by atoms with Crippen LogP contribution in [0, 0.1) is 0 Å². The van der Waals surface area contributed by atoms with Gasteiger partial charge in [0.05, 0.1) is 6.61 Å². The number of rotatable bonds is 6. The second-order valence-corrected chi connectivity index (χ2v) is 9.17. The Bertz CT molecular complexity index is 842. The van der Waals surface area contributed by atoms with Crippen molar-refractivity contribution in [2.24, 2.45) is 0 Å². The standard InChI is InChI=1S/C19H18F6NO3P/c1-2-13-29-16(27)26-17(18(20,21)22,19(23,24)25)30(28,14-9-5-3-6-10-14)15-11-7-4-8-12-15/h3-12H,2,13H2,1H3,(H,26,27). The molecular weight excluding hydrogens is 435 g/mol. The summed E-state index contributed by atoms with van der Waals surface area (Å²) in [6.45, 7) is 1.09. The lowest BCUT2D eigenvalue weighted by atomic mass is 10.2. The fourth-order valence-corrected chi connectivity index (χ4v) is 6.15. The summed E-state index contributed by atoms with van der Waals surface area (Å²) in [5, 5.41) is -5.64. The lowest BCUT2D eigenvalue weighted by Crippen LogP contribution is -2.69. The third-order valence-corrected chi connectivity index (χ3v) is 7.87. The molecule has 4 nitrogen and oxygen atoms in total. The van der Waals surface area contributed by atoms with Crippen LogP contribution in [0.2, 0.25) is 0 Å². The zero-order valence-corrected chi connectivity index (χ0v) is 16.5. The van der Waals surface area contributed by atoms with Crippen molar-refractivity contribution in [1.29, 1.82) is 0 Å². The molecule has 2 aromatic rings. The monoisotopic (exact) mass is 453 g/mol. The van der Waals surface area contributed by atoms with E-state index in [1.807, 2.05) is 0 Å². The van der Waals surface area contributed by atoms with Gasteiger partial charge in [-0.2, -0.15) is 26.3 Å². The van der Waals surface area contributed by atoms with Crippen LogP contribution in [-0.2, 0) is 9.30 Å². The second-order valence-electron chi connectivity index (χ2n) is 6.25. The summed E-state index contributed by atoms with van der Waals surface area (Å²) in [5.74, 6) is 0. The van der Waals surface area contributed by atoms with Crippen LogP contribution in [0.4, 0.5) is 31.1 Å². The molecule has 0 aromatic heterocycles. The number of nitrogens with one attached hydrogen (secondary N) is 1. The number of carbonyl (C=O) groups is 1. The summed E-state index contributed by atoms with van der Waals surface area (Å²) in [6, 6.07) is 11.0. The number of amides is 1. The molecular formula is C19H18F6NO3P. The molecule has 0 unspecified atom stereocenters. The summed E-state index contributed by atoms with van der Waals surface area (Å²) in [5.41, 5.74) is 0. The largest absolute Gasteiger partial charge is 0.450 e. The molecule has 1 amide bonds. The van der Waals surface area contributed by atoms with E-state index in [1.165, 1.54) is 19.1 Å². The average Bonchev–Trinajstić information content (AvgIpc) is 2.69. The Hall–Kier alpha value is -2.48. The summed E-state index contributed by atoms with van der Waals surface area (Å²) >= 11 is 0. The van der Waals surface area contributed by atoms with E-state index in [4.69, 9.17) is 0 Å². The first-order valence-corrected chi connectivity index (χ1v) is 10.4. The van der Waals surface area contributed by atoms with Crippen molar-refractivity contribution in [1.82, 2.24) is 5.32 Å². The van der Waals surface area contributed by atoms with Crippen LogP contribution in [-0.4, -0.2) is 30.3 Å². The summed E-state index contributed by atoms with van der Waals surface area (Å²) < 4.78 is 104. The van der Waals surface area contributed by atoms with Gasteiger partial charge in [0, 0.05) is 10.6 Å². The highest BCUT2D eigenvalue weighted by Crippen LogP contribution is 2.66. The van der Waals surface area contributed by atoms with Gasteiger partial charge < -0.3 is 9.30 Å². The number of alkyl halides is 6. The van der Waals surface area contributed by atoms with E-state index in [1.54, 1.807) is 0 Å². The maximum atomic E-state index is 14.3. The topological polar surface area (TPSA) is 55.4 Å². The van der Waals surface area contributed by atoms with Gasteiger partial charge in [0.2, 0.25) is 0 Å². The number of carbonyl (C=O) groups excluding carboxylic acids is 1. The third kappa shape index (κ3) is 4.05. The van der Waals surface area contributed by atoms with E-state index < -0.39 is 48.1 Å². The van der Waals surface area contributed by atoms with Gasteiger partial charge >= 0.3 is 18.4 Å². The molecule has 0 aliphatic carbocycles. The second kappa shape index (κ2) is 8.71. The van der Waals surface area contributed by atoms with Crippen molar-refractivity contribution in [3.8, 4) is 0 Å². The predicted molar refractivity (Wildman–Crippen MR) is 99.4 cm³/mol. The number of alkyl carbamates (subject to hydrolysis) is 1. The van der Waals surface area contributed by atoms with Gasteiger partial charge in [0.25, 0.3) is 5.28 Å². The number of hydrogen-bond acceptors (Lipinski definition) is 3. The van der Waals surface area contributed by atoms with E-state index >= 15 is 0 Å². The van der Waals surface area contributed by atoms with Crippen molar-refractivity contribution in [3.05, 3.63) is 60.7 Å². The molecule has 0 aliphatic rings. The predicted octanol–water partition coefficient (Wildman–Crippen LogP) is 4.96. The molecule has 0 heterocycles. The number of ether oxygens (including phenoxy) is 1. The normalized spacial score (nSPS) is 13.0. The van der Waals surface area contributed by atoms with E-state index in [2.05, 4.69) is 4.74 Å². The Labute approximate surface area is 168 Å². The quantitative estimate of drug-likeness (QED) is 0.497. The first-order chi connectivity index (χ1) is 13.9. The Kier molecular flexibility index (Phi) is 6.91. The van der Waals surface area contributed by atoms with Crippen LogP contribution in [0.5, 0.6) is 0 Å². The van der Waals surface area contributed by atoms with Crippen LogP contribution in [0.15, 0.2) is 60.7 Å². The zero-order chi connectivity index (χ0) is 22.6. The van der Waals surface area contributed by atoms with Gasteiger partial charge in [-0.25, -0.2) is 4.79 Å². The Morgan fingerprint density at radius 3 is 1.60 bits per heavy atom. The van der Waals surface area contributed by atoms with Gasteiger partial charge in [0.15, 0.2) is 7.14 Å². The molecule has 2 rings (SSSR count). The van der Waals surface area contributed by atoms with Crippen molar-refractivity contribution in [2.75, 3.05) is 6.61 Å². The van der Waals surface area contributed by atoms with Gasteiger partial charge in [-0.1, -0.05) is 67.6 Å². The lowest BCUT2D eigenvalue weighted by Gasteiger charge is -2.43. The fourth-order valence-electron chi connectivity index (χ4n) is 2.93. The van der Waals surface area contributed by atoms with Crippen molar-refractivity contribution < 1.29 is 40.4 Å². The van der Waals surface area contributed by atoms with Gasteiger partial charge in [0.1, 0.15) is 0 Å². The molecule has 0 spiro atoms. The number of benzene rings is 2. The molecule has 2 aromatic carbocycles. The van der Waals surface area contributed by atoms with Gasteiger partial charge in [-0.3, -0.25) is 5.32 Å².